The fraction of sp³-hybridized carbons (Fsp3) is 0.435. The Labute approximate surface area is 167 Å². The fourth-order valence-electron chi connectivity index (χ4n) is 2.64. The van der Waals surface area contributed by atoms with Gasteiger partial charge >= 0.3 is 0 Å². The lowest BCUT2D eigenvalue weighted by Gasteiger charge is -2.21. The van der Waals surface area contributed by atoms with E-state index in [1.165, 1.54) is 11.1 Å². The van der Waals surface area contributed by atoms with Crippen molar-refractivity contribution in [1.82, 2.24) is 5.32 Å². The summed E-state index contributed by atoms with van der Waals surface area (Å²) in [6, 6.07) is 18.4. The molecule has 4 heteroatoms. The second kappa shape index (κ2) is 10.4. The molecule has 0 heterocycles. The fourth-order valence-corrected chi connectivity index (χ4v) is 3.46. The number of benzene rings is 2. The Bertz CT molecular complexity index is 693. The van der Waals surface area contributed by atoms with Crippen molar-refractivity contribution in [3.8, 4) is 5.75 Å². The third kappa shape index (κ3) is 7.30. The summed E-state index contributed by atoms with van der Waals surface area (Å²) in [5.41, 5.74) is 2.67. The zero-order chi connectivity index (χ0) is 19.7. The molecule has 0 saturated carbocycles. The minimum atomic E-state index is -0.454. The summed E-state index contributed by atoms with van der Waals surface area (Å²) < 4.78 is 5.90. The largest absolute Gasteiger partial charge is 0.481 e. The topological polar surface area (TPSA) is 38.3 Å². The number of hydrogen-bond donors (Lipinski definition) is 1. The maximum absolute atomic E-state index is 12.4. The van der Waals surface area contributed by atoms with Gasteiger partial charge in [-0.3, -0.25) is 4.79 Å². The number of rotatable bonds is 9. The van der Waals surface area contributed by atoms with E-state index < -0.39 is 6.10 Å². The lowest BCUT2D eigenvalue weighted by Crippen LogP contribution is -2.39. The van der Waals surface area contributed by atoms with E-state index >= 15 is 0 Å². The predicted octanol–water partition coefficient (Wildman–Crippen LogP) is 5.19. The number of hydrogen-bond acceptors (Lipinski definition) is 3. The maximum atomic E-state index is 12.4. The van der Waals surface area contributed by atoms with E-state index in [2.05, 4.69) is 62.5 Å². The molecule has 0 unspecified atom stereocenters. The average Bonchev–Trinajstić information content (AvgIpc) is 2.66. The number of ether oxygens (including phenoxy) is 1. The number of amides is 1. The molecule has 1 N–H and O–H groups in total. The highest BCUT2D eigenvalue weighted by atomic mass is 32.2. The standard InChI is InChI=1S/C23H31NO2S/c1-5-21(26-20-13-11-19(12-14-20)23(2,3)4)22(25)24-15-16-27-17-18-9-7-6-8-10-18/h6-14,21H,5,15-17H2,1-4H3,(H,24,25)/t21-/m0/s1. The van der Waals surface area contributed by atoms with Crippen LogP contribution < -0.4 is 10.1 Å². The molecule has 1 atom stereocenters. The van der Waals surface area contributed by atoms with Crippen molar-refractivity contribution >= 4 is 17.7 Å². The molecule has 2 aromatic rings. The maximum Gasteiger partial charge on any atom is 0.261 e. The highest BCUT2D eigenvalue weighted by Gasteiger charge is 2.18. The minimum Gasteiger partial charge on any atom is -0.481 e. The summed E-state index contributed by atoms with van der Waals surface area (Å²) in [6.07, 6.45) is 0.189. The van der Waals surface area contributed by atoms with E-state index in [-0.39, 0.29) is 11.3 Å². The Kier molecular flexibility index (Phi) is 8.23. The van der Waals surface area contributed by atoms with Gasteiger partial charge in [0, 0.05) is 18.1 Å². The van der Waals surface area contributed by atoms with Crippen molar-refractivity contribution in [2.75, 3.05) is 12.3 Å². The first-order chi connectivity index (χ1) is 12.9. The second-order valence-electron chi connectivity index (χ2n) is 7.62. The monoisotopic (exact) mass is 385 g/mol. The van der Waals surface area contributed by atoms with Crippen LogP contribution in [0.15, 0.2) is 54.6 Å². The van der Waals surface area contributed by atoms with Crippen LogP contribution in [0.4, 0.5) is 0 Å². The van der Waals surface area contributed by atoms with Gasteiger partial charge in [-0.15, -0.1) is 0 Å². The first-order valence-electron chi connectivity index (χ1n) is 9.56. The normalized spacial score (nSPS) is 12.4. The van der Waals surface area contributed by atoms with Gasteiger partial charge in [0.05, 0.1) is 0 Å². The van der Waals surface area contributed by atoms with Crippen LogP contribution in [0.1, 0.15) is 45.2 Å². The summed E-state index contributed by atoms with van der Waals surface area (Å²) in [6.45, 7) is 9.17. The van der Waals surface area contributed by atoms with E-state index in [1.54, 1.807) is 0 Å². The molecule has 0 bridgehead atoms. The SMILES string of the molecule is CC[C@H](Oc1ccc(C(C)(C)C)cc1)C(=O)NCCSCc1ccccc1. The first-order valence-corrected chi connectivity index (χ1v) is 10.7. The van der Waals surface area contributed by atoms with Gasteiger partial charge in [-0.1, -0.05) is 70.2 Å². The van der Waals surface area contributed by atoms with Crippen molar-refractivity contribution in [3.05, 3.63) is 65.7 Å². The summed E-state index contributed by atoms with van der Waals surface area (Å²) in [7, 11) is 0. The Hall–Kier alpha value is -1.94. The molecule has 0 saturated heterocycles. The molecule has 0 fully saturated rings. The lowest BCUT2D eigenvalue weighted by molar-refractivity contribution is -0.127. The molecule has 0 aliphatic heterocycles. The van der Waals surface area contributed by atoms with E-state index in [0.29, 0.717) is 13.0 Å². The zero-order valence-electron chi connectivity index (χ0n) is 16.8. The molecule has 0 aromatic heterocycles. The van der Waals surface area contributed by atoms with Crippen LogP contribution in [-0.4, -0.2) is 24.3 Å². The van der Waals surface area contributed by atoms with Gasteiger partial charge in [0.15, 0.2) is 6.10 Å². The van der Waals surface area contributed by atoms with Crippen molar-refractivity contribution in [2.24, 2.45) is 0 Å². The number of nitrogens with one attached hydrogen (secondary N) is 1. The van der Waals surface area contributed by atoms with Crippen molar-refractivity contribution in [1.29, 1.82) is 0 Å². The third-order valence-electron chi connectivity index (χ3n) is 4.32. The molecular formula is C23H31NO2S. The zero-order valence-corrected chi connectivity index (χ0v) is 17.6. The van der Waals surface area contributed by atoms with Gasteiger partial charge in [0.1, 0.15) is 5.75 Å². The second-order valence-corrected chi connectivity index (χ2v) is 8.72. The summed E-state index contributed by atoms with van der Waals surface area (Å²) >= 11 is 1.82. The molecule has 0 aliphatic rings. The molecule has 0 aliphatic carbocycles. The average molecular weight is 386 g/mol. The Balaban J connectivity index is 1.74. The van der Waals surface area contributed by atoms with Gasteiger partial charge < -0.3 is 10.1 Å². The van der Waals surface area contributed by atoms with Crippen LogP contribution in [-0.2, 0) is 16.0 Å². The highest BCUT2D eigenvalue weighted by Crippen LogP contribution is 2.24. The predicted molar refractivity (Wildman–Crippen MR) is 115 cm³/mol. The van der Waals surface area contributed by atoms with Crippen molar-refractivity contribution < 1.29 is 9.53 Å². The van der Waals surface area contributed by atoms with Crippen LogP contribution >= 0.6 is 11.8 Å². The van der Waals surface area contributed by atoms with Gasteiger partial charge in [0.2, 0.25) is 0 Å². The van der Waals surface area contributed by atoms with Crippen molar-refractivity contribution in [3.63, 3.8) is 0 Å². The van der Waals surface area contributed by atoms with Crippen LogP contribution in [0.5, 0.6) is 5.75 Å². The highest BCUT2D eigenvalue weighted by molar-refractivity contribution is 7.98. The molecule has 1 amide bonds. The molecule has 27 heavy (non-hydrogen) atoms. The van der Waals surface area contributed by atoms with Crippen LogP contribution in [0.3, 0.4) is 0 Å². The van der Waals surface area contributed by atoms with Crippen molar-refractivity contribution in [2.45, 2.75) is 51.4 Å². The quantitative estimate of drug-likeness (QED) is 0.604. The van der Waals surface area contributed by atoms with Gasteiger partial charge in [-0.2, -0.15) is 11.8 Å². The number of carbonyl (C=O) groups excluding carboxylic acids is 1. The molecule has 2 rings (SSSR count). The molecule has 3 nitrogen and oxygen atoms in total. The van der Waals surface area contributed by atoms with Crippen LogP contribution in [0.25, 0.3) is 0 Å². The Morgan fingerprint density at radius 2 is 1.74 bits per heavy atom. The summed E-state index contributed by atoms with van der Waals surface area (Å²) in [4.78, 5) is 12.4. The number of carbonyl (C=O) groups is 1. The Morgan fingerprint density at radius 1 is 1.07 bits per heavy atom. The van der Waals surface area contributed by atoms with E-state index in [0.717, 1.165) is 17.3 Å². The Morgan fingerprint density at radius 3 is 2.33 bits per heavy atom. The van der Waals surface area contributed by atoms with E-state index in [4.69, 9.17) is 4.74 Å². The van der Waals surface area contributed by atoms with Crippen LogP contribution in [0, 0.1) is 0 Å². The van der Waals surface area contributed by atoms with E-state index in [9.17, 15) is 4.79 Å². The number of thioether (sulfide) groups is 1. The van der Waals surface area contributed by atoms with Gasteiger partial charge in [-0.25, -0.2) is 0 Å². The summed E-state index contributed by atoms with van der Waals surface area (Å²) in [5, 5.41) is 2.99. The van der Waals surface area contributed by atoms with Gasteiger partial charge in [-0.05, 0) is 35.1 Å². The van der Waals surface area contributed by atoms with Gasteiger partial charge in [0.25, 0.3) is 5.91 Å². The molecule has 0 spiro atoms. The minimum absolute atomic E-state index is 0.0438. The molecule has 0 radical (unpaired) electrons. The first kappa shape index (κ1) is 21.4. The smallest absolute Gasteiger partial charge is 0.261 e. The van der Waals surface area contributed by atoms with E-state index in [1.807, 2.05) is 36.9 Å². The molecular weight excluding hydrogens is 354 g/mol. The van der Waals surface area contributed by atoms with Crippen LogP contribution in [0.2, 0.25) is 0 Å². The lowest BCUT2D eigenvalue weighted by atomic mass is 9.87. The summed E-state index contributed by atoms with van der Waals surface area (Å²) in [5.74, 6) is 2.54. The molecule has 2 aromatic carbocycles. The molecule has 146 valence electrons. The third-order valence-corrected chi connectivity index (χ3v) is 5.35.